The maximum absolute atomic E-state index is 14.3. The fourth-order valence-electron chi connectivity index (χ4n) is 5.45. The predicted molar refractivity (Wildman–Crippen MR) is 166 cm³/mol. The SMILES string of the molecule is COc1cccc(N(CC(=O)N(Cc2ccccc2C)[C@@H](Cc2ccccc2)C(=O)NC2CCCCC2)S(C)(=O)=O)c1. The topological polar surface area (TPSA) is 96.0 Å². The summed E-state index contributed by atoms with van der Waals surface area (Å²) in [6.07, 6.45) is 6.47. The molecular formula is C33H41N3O5S. The van der Waals surface area contributed by atoms with Gasteiger partial charge in [0.15, 0.2) is 0 Å². The van der Waals surface area contributed by atoms with Crippen LogP contribution in [0, 0.1) is 6.92 Å². The van der Waals surface area contributed by atoms with Crippen LogP contribution in [-0.4, -0.2) is 57.1 Å². The molecule has 8 nitrogen and oxygen atoms in total. The van der Waals surface area contributed by atoms with E-state index < -0.39 is 28.5 Å². The molecule has 42 heavy (non-hydrogen) atoms. The molecule has 3 aromatic rings. The summed E-state index contributed by atoms with van der Waals surface area (Å²) < 4.78 is 32.4. The van der Waals surface area contributed by atoms with Crippen molar-refractivity contribution in [1.82, 2.24) is 10.2 Å². The molecule has 4 rings (SSSR count). The van der Waals surface area contributed by atoms with Crippen molar-refractivity contribution in [2.45, 2.75) is 64.1 Å². The molecule has 0 unspecified atom stereocenters. The number of ether oxygens (including phenoxy) is 1. The highest BCUT2D eigenvalue weighted by atomic mass is 32.2. The molecule has 3 aromatic carbocycles. The quantitative estimate of drug-likeness (QED) is 0.325. The largest absolute Gasteiger partial charge is 0.497 e. The van der Waals surface area contributed by atoms with E-state index in [1.54, 1.807) is 29.2 Å². The molecule has 0 spiro atoms. The number of anilines is 1. The molecule has 1 aliphatic rings. The number of sulfonamides is 1. The third-order valence-corrected chi connectivity index (χ3v) is 8.99. The Hall–Kier alpha value is -3.85. The number of carbonyl (C=O) groups is 2. The molecule has 2 amide bonds. The Balaban J connectivity index is 1.73. The highest BCUT2D eigenvalue weighted by molar-refractivity contribution is 7.92. The van der Waals surface area contributed by atoms with Gasteiger partial charge in [0.05, 0.1) is 19.1 Å². The van der Waals surface area contributed by atoms with Gasteiger partial charge >= 0.3 is 0 Å². The third-order valence-electron chi connectivity index (χ3n) is 7.85. The highest BCUT2D eigenvalue weighted by Gasteiger charge is 2.34. The van der Waals surface area contributed by atoms with Crippen LogP contribution in [0.25, 0.3) is 0 Å². The number of methoxy groups -OCH3 is 1. The molecule has 1 fully saturated rings. The molecule has 9 heteroatoms. The molecular weight excluding hydrogens is 550 g/mol. The Bertz CT molecular complexity index is 1460. The Morgan fingerprint density at radius 2 is 1.64 bits per heavy atom. The van der Waals surface area contributed by atoms with E-state index >= 15 is 0 Å². The molecule has 0 bridgehead atoms. The average molecular weight is 592 g/mol. The fraction of sp³-hybridized carbons (Fsp3) is 0.394. The first-order valence-corrected chi connectivity index (χ1v) is 16.3. The second kappa shape index (κ2) is 14.4. The van der Waals surface area contributed by atoms with E-state index in [1.165, 1.54) is 7.11 Å². The minimum Gasteiger partial charge on any atom is -0.497 e. The van der Waals surface area contributed by atoms with Gasteiger partial charge in [-0.3, -0.25) is 13.9 Å². The molecule has 1 saturated carbocycles. The van der Waals surface area contributed by atoms with Crippen LogP contribution in [0.3, 0.4) is 0 Å². The van der Waals surface area contributed by atoms with Crippen molar-refractivity contribution in [3.05, 3.63) is 95.6 Å². The molecule has 0 heterocycles. The zero-order valence-corrected chi connectivity index (χ0v) is 25.5. The Kier molecular flexibility index (Phi) is 10.6. The van der Waals surface area contributed by atoms with E-state index in [2.05, 4.69) is 5.32 Å². The van der Waals surface area contributed by atoms with E-state index in [1.807, 2.05) is 61.5 Å². The average Bonchev–Trinajstić information content (AvgIpc) is 2.99. The lowest BCUT2D eigenvalue weighted by atomic mass is 9.94. The van der Waals surface area contributed by atoms with Crippen molar-refractivity contribution >= 4 is 27.5 Å². The number of benzene rings is 3. The summed E-state index contributed by atoms with van der Waals surface area (Å²) in [7, 11) is -2.35. The Labute approximate surface area is 249 Å². The zero-order valence-electron chi connectivity index (χ0n) is 24.7. The number of carbonyl (C=O) groups excluding carboxylic acids is 2. The van der Waals surface area contributed by atoms with Gasteiger partial charge in [0.1, 0.15) is 18.3 Å². The van der Waals surface area contributed by atoms with Gasteiger partial charge in [-0.1, -0.05) is 79.9 Å². The maximum Gasteiger partial charge on any atom is 0.244 e. The maximum atomic E-state index is 14.3. The normalized spacial score (nSPS) is 14.5. The summed E-state index contributed by atoms with van der Waals surface area (Å²) in [6, 6.07) is 23.2. The van der Waals surface area contributed by atoms with Crippen molar-refractivity contribution in [1.29, 1.82) is 0 Å². The van der Waals surface area contributed by atoms with Crippen molar-refractivity contribution in [2.24, 2.45) is 0 Å². The van der Waals surface area contributed by atoms with Crippen LogP contribution < -0.4 is 14.4 Å². The third kappa shape index (κ3) is 8.35. The van der Waals surface area contributed by atoms with Crippen LogP contribution in [0.15, 0.2) is 78.9 Å². The van der Waals surface area contributed by atoms with Gasteiger partial charge in [-0.2, -0.15) is 0 Å². The van der Waals surface area contributed by atoms with Gasteiger partial charge in [-0.25, -0.2) is 8.42 Å². The highest BCUT2D eigenvalue weighted by Crippen LogP contribution is 2.25. The van der Waals surface area contributed by atoms with Crippen LogP contribution in [0.2, 0.25) is 0 Å². The zero-order chi connectivity index (χ0) is 30.1. The molecule has 0 aliphatic heterocycles. The number of nitrogens with one attached hydrogen (secondary N) is 1. The Morgan fingerprint density at radius 3 is 2.31 bits per heavy atom. The number of rotatable bonds is 12. The summed E-state index contributed by atoms with van der Waals surface area (Å²) in [5, 5.41) is 3.22. The predicted octanol–water partition coefficient (Wildman–Crippen LogP) is 4.86. The van der Waals surface area contributed by atoms with Crippen LogP contribution in [0.4, 0.5) is 5.69 Å². The first kappa shape index (κ1) is 31.1. The first-order valence-electron chi connectivity index (χ1n) is 14.5. The lowest BCUT2D eigenvalue weighted by Gasteiger charge is -2.35. The smallest absolute Gasteiger partial charge is 0.244 e. The number of hydrogen-bond acceptors (Lipinski definition) is 5. The summed E-state index contributed by atoms with van der Waals surface area (Å²) in [6.45, 7) is 1.67. The Morgan fingerprint density at radius 1 is 0.952 bits per heavy atom. The van der Waals surface area contributed by atoms with Gasteiger partial charge in [-0.15, -0.1) is 0 Å². The lowest BCUT2D eigenvalue weighted by molar-refractivity contribution is -0.140. The van der Waals surface area contributed by atoms with Crippen molar-refractivity contribution in [3.63, 3.8) is 0 Å². The lowest BCUT2D eigenvalue weighted by Crippen LogP contribution is -2.55. The minimum atomic E-state index is -3.85. The van der Waals surface area contributed by atoms with E-state index in [9.17, 15) is 18.0 Å². The number of amides is 2. The van der Waals surface area contributed by atoms with Crippen LogP contribution in [-0.2, 0) is 32.6 Å². The van der Waals surface area contributed by atoms with Gasteiger partial charge in [0.2, 0.25) is 21.8 Å². The van der Waals surface area contributed by atoms with Crippen LogP contribution in [0.1, 0.15) is 48.8 Å². The van der Waals surface area contributed by atoms with Gasteiger partial charge < -0.3 is 15.0 Å². The molecule has 1 aliphatic carbocycles. The van der Waals surface area contributed by atoms with Gasteiger partial charge in [-0.05, 0) is 48.6 Å². The van der Waals surface area contributed by atoms with E-state index in [-0.39, 0.29) is 18.5 Å². The standard InChI is InChI=1S/C33H41N3O5S/c1-25-13-10-11-16-27(25)23-35(32(37)24-36(42(3,39)40)29-19-12-20-30(22-29)41-2)31(21-26-14-6-4-7-15-26)33(38)34-28-17-8-5-9-18-28/h4,6-7,10-16,19-20,22,28,31H,5,8-9,17-18,21,23-24H2,1-3H3,(H,34,38)/t31-/m0/s1. The molecule has 1 atom stereocenters. The summed E-state index contributed by atoms with van der Waals surface area (Å²) in [5.74, 6) is -0.217. The first-order chi connectivity index (χ1) is 20.2. The second-order valence-electron chi connectivity index (χ2n) is 11.0. The number of nitrogens with zero attached hydrogens (tertiary/aromatic N) is 2. The minimum absolute atomic E-state index is 0.0595. The summed E-state index contributed by atoms with van der Waals surface area (Å²) in [5.41, 5.74) is 3.10. The monoisotopic (exact) mass is 591 g/mol. The fourth-order valence-corrected chi connectivity index (χ4v) is 6.29. The van der Waals surface area contributed by atoms with Gasteiger partial charge in [0, 0.05) is 25.1 Å². The van der Waals surface area contributed by atoms with Crippen molar-refractivity contribution in [2.75, 3.05) is 24.2 Å². The molecule has 0 saturated heterocycles. The molecule has 1 N–H and O–H groups in total. The van der Waals surface area contributed by atoms with Gasteiger partial charge in [0.25, 0.3) is 0 Å². The second-order valence-corrected chi connectivity index (χ2v) is 12.9. The number of aryl methyl sites for hydroxylation is 1. The van der Waals surface area contributed by atoms with Crippen molar-refractivity contribution in [3.8, 4) is 5.75 Å². The van der Waals surface area contributed by atoms with Crippen molar-refractivity contribution < 1.29 is 22.7 Å². The van der Waals surface area contributed by atoms with Crippen LogP contribution in [0.5, 0.6) is 5.75 Å². The van der Waals surface area contributed by atoms with E-state index in [0.29, 0.717) is 17.9 Å². The molecule has 0 radical (unpaired) electrons. The van der Waals surface area contributed by atoms with E-state index in [4.69, 9.17) is 4.74 Å². The number of hydrogen-bond donors (Lipinski definition) is 1. The molecule has 224 valence electrons. The van der Waals surface area contributed by atoms with Crippen LogP contribution >= 0.6 is 0 Å². The summed E-state index contributed by atoms with van der Waals surface area (Å²) >= 11 is 0. The summed E-state index contributed by atoms with van der Waals surface area (Å²) in [4.78, 5) is 29.8. The molecule has 0 aromatic heterocycles. The van der Waals surface area contributed by atoms with E-state index in [0.717, 1.165) is 59.4 Å².